The number of fused-ring (bicyclic) bond motifs is 12. The van der Waals surface area contributed by atoms with Gasteiger partial charge in [0.25, 0.3) is 0 Å². The molecule has 2 radical (unpaired) electrons. The average Bonchev–Trinajstić information content (AvgIpc) is 2.44. The zero-order valence-electron chi connectivity index (χ0n) is 47.5. The first kappa shape index (κ1) is 72.5. The van der Waals surface area contributed by atoms with Crippen LogP contribution in [-0.2, 0) is 50.3 Å². The smallest absolute Gasteiger partial charge is 0.485 e. The van der Waals surface area contributed by atoms with Gasteiger partial charge in [-0.1, -0.05) is 110 Å². The van der Waals surface area contributed by atoms with Crippen LogP contribution < -0.4 is 10.4 Å². The molecule has 85 heavy (non-hydrogen) atoms. The monoisotopic (exact) mass is 1570 g/mol. The van der Waals surface area contributed by atoms with Gasteiger partial charge in [-0.15, -0.1) is 89.1 Å². The molecule has 11 nitrogen and oxygen atoms in total. The maximum absolute atomic E-state index is 12.7. The van der Waals surface area contributed by atoms with E-state index >= 15 is 0 Å². The van der Waals surface area contributed by atoms with Crippen LogP contribution in [0.4, 0.5) is 22.0 Å². The summed E-state index contributed by atoms with van der Waals surface area (Å²) in [7, 11) is -6.74. The summed E-state index contributed by atoms with van der Waals surface area (Å²) in [5.74, 6) is -0.496. The molecule has 0 amide bonds. The summed E-state index contributed by atoms with van der Waals surface area (Å²) in [5, 5.41) is 24.3. The number of halogens is 5. The van der Waals surface area contributed by atoms with Crippen molar-refractivity contribution < 1.29 is 85.3 Å². The van der Waals surface area contributed by atoms with Crippen molar-refractivity contribution in [3.8, 4) is 22.5 Å². The maximum Gasteiger partial charge on any atom is 0.485 e. The molecule has 21 heteroatoms. The quantitative estimate of drug-likeness (QED) is 0.0437. The SMILES string of the molecule is C.CO.CO.C[Si](C)(C)c1ccc2c(c1)c1ccc[c-]c1c1nccn21.C[Si](C)(C)c1ccc2c(c1)c1ccc[c-]c1c1nccn21.Cc1cccnc1-c1[c-]cc(F)cc1.Cc1cccnc1-c1ccc(F)cc1.O=S(=O)([O-])C(F)(F)F.[Ir].[Ir]. The number of pyridine rings is 4. The van der Waals surface area contributed by atoms with Crippen LogP contribution in [0, 0.1) is 43.7 Å². The zero-order valence-corrected chi connectivity index (χ0v) is 55.1. The Balaban J connectivity index is 0.000000280. The molecule has 0 fully saturated rings. The minimum absolute atomic E-state index is 0. The van der Waals surface area contributed by atoms with Crippen LogP contribution in [0.25, 0.3) is 77.2 Å². The second kappa shape index (κ2) is 31.6. The summed E-state index contributed by atoms with van der Waals surface area (Å²) in [6.07, 6.45) is 11.3. The number of benzene rings is 6. The zero-order chi connectivity index (χ0) is 60.2. The van der Waals surface area contributed by atoms with Gasteiger partial charge in [-0.25, -0.2) is 12.8 Å². The second-order valence-electron chi connectivity index (χ2n) is 20.3. The Morgan fingerprint density at radius 2 is 0.941 bits per heavy atom. The van der Waals surface area contributed by atoms with Crippen molar-refractivity contribution in [1.29, 1.82) is 0 Å². The summed E-state index contributed by atoms with van der Waals surface area (Å²) < 4.78 is 88.6. The first-order valence-electron chi connectivity index (χ1n) is 25.5. The van der Waals surface area contributed by atoms with E-state index in [0.717, 1.165) is 69.9 Å². The Bertz CT molecular complexity index is 3970. The molecule has 452 valence electrons. The van der Waals surface area contributed by atoms with Crippen LogP contribution in [0.1, 0.15) is 18.6 Å². The molecule has 12 aromatic rings. The predicted molar refractivity (Wildman–Crippen MR) is 330 cm³/mol. The van der Waals surface area contributed by atoms with Crippen LogP contribution in [0.2, 0.25) is 39.3 Å². The van der Waals surface area contributed by atoms with Gasteiger partial charge in [0.1, 0.15) is 5.82 Å². The van der Waals surface area contributed by atoms with Gasteiger partial charge in [-0.2, -0.15) is 13.2 Å². The van der Waals surface area contributed by atoms with E-state index in [1.165, 1.54) is 67.2 Å². The molecule has 6 aromatic carbocycles. The number of nitrogens with zero attached hydrogens (tertiary/aromatic N) is 6. The molecule has 0 atom stereocenters. The Morgan fingerprint density at radius 1 is 0.529 bits per heavy atom. The van der Waals surface area contributed by atoms with Gasteiger partial charge in [0.15, 0.2) is 10.1 Å². The molecule has 0 saturated carbocycles. The van der Waals surface area contributed by atoms with Gasteiger partial charge in [-0.05, 0) is 84.4 Å². The number of aliphatic hydroxyl groups excluding tert-OH is 2. The third-order valence-corrected chi connectivity index (χ3v) is 17.4. The molecule has 12 rings (SSSR count). The Morgan fingerprint density at radius 3 is 1.32 bits per heavy atom. The number of hydrogen-bond donors (Lipinski definition) is 2. The standard InChI is InChI=1S/2C18H17N2Si.C12H10FN.C12H9FN.CHF3O3S.2CH4O.CH4.2Ir/c2*1-21(2,3)13-8-9-17-16(12-13)14-6-4-5-7-15(14)18-19-10-11-20(17)18;2*1-9-3-2-8-14-12(9)10-4-6-11(13)7-5-10;2-1(3,4)8(5,6)7;2*1-2;;;/h2*4-6,8-12H,1-3H3;2-8H,1H3;2-4,6-8H,1H3;(H,5,6,7);2*2H,1H3;1H4;;/q2*-1;;-1;;;;;;/p-1. The van der Waals surface area contributed by atoms with Crippen LogP contribution in [0.5, 0.6) is 0 Å². The molecule has 6 heterocycles. The number of aromatic nitrogens is 6. The van der Waals surface area contributed by atoms with E-state index in [-0.39, 0.29) is 59.3 Å². The van der Waals surface area contributed by atoms with E-state index in [1.54, 1.807) is 30.6 Å². The number of hydrogen-bond acceptors (Lipinski definition) is 9. The number of alkyl halides is 3. The Hall–Kier alpha value is -6.75. The van der Waals surface area contributed by atoms with Crippen molar-refractivity contribution >= 4 is 91.3 Å². The van der Waals surface area contributed by atoms with Crippen molar-refractivity contribution in [3.05, 3.63) is 218 Å². The first-order chi connectivity index (χ1) is 38.9. The van der Waals surface area contributed by atoms with Crippen LogP contribution in [0.3, 0.4) is 0 Å². The van der Waals surface area contributed by atoms with E-state index in [0.29, 0.717) is 0 Å². The third-order valence-electron chi connectivity index (χ3n) is 12.7. The minimum atomic E-state index is -6.09. The summed E-state index contributed by atoms with van der Waals surface area (Å²) in [6, 6.07) is 54.3. The molecule has 0 aliphatic rings. The van der Waals surface area contributed by atoms with E-state index in [4.69, 9.17) is 23.2 Å². The summed E-state index contributed by atoms with van der Waals surface area (Å²) in [4.78, 5) is 17.5. The minimum Gasteiger partial charge on any atom is -0.741 e. The maximum atomic E-state index is 12.7. The second-order valence-corrected chi connectivity index (χ2v) is 31.8. The molecule has 0 saturated heterocycles. The van der Waals surface area contributed by atoms with Gasteiger partial charge in [0, 0.05) is 114 Å². The molecule has 0 spiro atoms. The average molecular weight is 1570 g/mol. The normalized spacial score (nSPS) is 11.0. The van der Waals surface area contributed by atoms with Crippen molar-refractivity contribution in [2.45, 2.75) is 66.1 Å². The summed E-state index contributed by atoms with van der Waals surface area (Å²) in [5.41, 5.74) is 4.46. The fraction of sp³-hybridized carbons (Fsp3) is 0.188. The van der Waals surface area contributed by atoms with Gasteiger partial charge in [0.05, 0.1) is 33.1 Å². The van der Waals surface area contributed by atoms with Crippen molar-refractivity contribution in [2.24, 2.45) is 0 Å². The third kappa shape index (κ3) is 17.9. The topological polar surface area (TPSA) is 158 Å². The molecule has 0 aliphatic carbocycles. The van der Waals surface area contributed by atoms with Crippen molar-refractivity contribution in [1.82, 2.24) is 28.7 Å². The molecule has 0 aliphatic heterocycles. The van der Waals surface area contributed by atoms with E-state index in [1.807, 2.05) is 75.0 Å². The van der Waals surface area contributed by atoms with Crippen molar-refractivity contribution in [3.63, 3.8) is 0 Å². The molecule has 2 N–H and O–H groups in total. The van der Waals surface area contributed by atoms with E-state index < -0.39 is 31.8 Å². The number of rotatable bonds is 4. The molecular formula is C64H65F5Ir2N6O5SSi2-4. The fourth-order valence-corrected chi connectivity index (χ4v) is 11.0. The van der Waals surface area contributed by atoms with E-state index in [2.05, 4.69) is 147 Å². The molecular weight excluding hydrogens is 1500 g/mol. The Kier molecular flexibility index (Phi) is 26.9. The van der Waals surface area contributed by atoms with Crippen LogP contribution >= 0.6 is 0 Å². The van der Waals surface area contributed by atoms with Crippen LogP contribution in [0.15, 0.2) is 177 Å². The largest absolute Gasteiger partial charge is 0.741 e. The summed E-state index contributed by atoms with van der Waals surface area (Å²) >= 11 is 0. The molecule has 0 bridgehead atoms. The van der Waals surface area contributed by atoms with Gasteiger partial charge >= 0.3 is 5.51 Å². The van der Waals surface area contributed by atoms with Crippen molar-refractivity contribution in [2.75, 3.05) is 14.2 Å². The first-order valence-corrected chi connectivity index (χ1v) is 33.9. The van der Waals surface area contributed by atoms with Crippen LogP contribution in [-0.4, -0.2) is 87.8 Å². The number of aryl methyl sites for hydroxylation is 2. The molecule has 0 unspecified atom stereocenters. The van der Waals surface area contributed by atoms with Gasteiger partial charge in [-0.3, -0.25) is 19.3 Å². The fourth-order valence-electron chi connectivity index (χ4n) is 8.63. The number of aliphatic hydroxyl groups is 2. The number of imidazole rings is 2. The summed E-state index contributed by atoms with van der Waals surface area (Å²) in [6.45, 7) is 18.3. The molecule has 6 aromatic heterocycles. The van der Waals surface area contributed by atoms with E-state index in [9.17, 15) is 22.0 Å². The van der Waals surface area contributed by atoms with Gasteiger partial charge < -0.3 is 28.6 Å². The Labute approximate surface area is 522 Å². The van der Waals surface area contributed by atoms with Gasteiger partial charge in [0.2, 0.25) is 0 Å². The predicted octanol–water partition coefficient (Wildman–Crippen LogP) is 14.1.